The maximum Gasteiger partial charge on any atom is 0.311 e. The molecule has 0 saturated carbocycles. The third-order valence-corrected chi connectivity index (χ3v) is 12.9. The first kappa shape index (κ1) is 42.2. The summed E-state index contributed by atoms with van der Waals surface area (Å²) in [5.74, 6) is -0.480. The number of aliphatic hydroxyl groups excluding tert-OH is 1. The van der Waals surface area contributed by atoms with Crippen molar-refractivity contribution >= 4 is 14.3 Å². The summed E-state index contributed by atoms with van der Waals surface area (Å²) >= 11 is 0. The van der Waals surface area contributed by atoms with Gasteiger partial charge in [0.05, 0.1) is 30.8 Å². The summed E-state index contributed by atoms with van der Waals surface area (Å²) in [6.07, 6.45) is 22.2. The van der Waals surface area contributed by atoms with Crippen LogP contribution in [0.1, 0.15) is 94.4 Å². The van der Waals surface area contributed by atoms with E-state index in [1.54, 1.807) is 6.08 Å². The van der Waals surface area contributed by atoms with Crippen molar-refractivity contribution in [3.8, 4) is 0 Å². The smallest absolute Gasteiger partial charge is 0.311 e. The van der Waals surface area contributed by atoms with Crippen molar-refractivity contribution < 1.29 is 33.3 Å². The van der Waals surface area contributed by atoms with Gasteiger partial charge in [0.15, 0.2) is 14.6 Å². The molecule has 0 saturated heterocycles. The average molecular weight is 663 g/mol. The molecular formula is C38H66O7Si. The molecule has 6 atom stereocenters. The number of aliphatic hydroxyl groups is 1. The number of esters is 1. The Hall–Kier alpha value is -1.81. The van der Waals surface area contributed by atoms with Crippen LogP contribution in [0.15, 0.2) is 60.8 Å². The molecule has 1 N–H and O–H groups in total. The summed E-state index contributed by atoms with van der Waals surface area (Å²) < 4.78 is 30.5. The molecule has 0 spiro atoms. The molecule has 1 unspecified atom stereocenters. The predicted molar refractivity (Wildman–Crippen MR) is 192 cm³/mol. The molecule has 0 aromatic heterocycles. The fourth-order valence-electron chi connectivity index (χ4n) is 4.26. The van der Waals surface area contributed by atoms with E-state index in [2.05, 4.69) is 52.9 Å². The van der Waals surface area contributed by atoms with Crippen molar-refractivity contribution in [2.75, 3.05) is 19.8 Å². The van der Waals surface area contributed by atoms with Crippen molar-refractivity contribution in [2.24, 2.45) is 11.3 Å². The Morgan fingerprint density at radius 3 is 2.30 bits per heavy atom. The van der Waals surface area contributed by atoms with Crippen molar-refractivity contribution in [1.29, 1.82) is 0 Å². The van der Waals surface area contributed by atoms with E-state index in [1.807, 2.05) is 77.2 Å². The van der Waals surface area contributed by atoms with Gasteiger partial charge >= 0.3 is 5.97 Å². The highest BCUT2D eigenvalue weighted by Gasteiger charge is 2.41. The lowest BCUT2D eigenvalue weighted by Gasteiger charge is -2.40. The molecule has 0 fully saturated rings. The van der Waals surface area contributed by atoms with Crippen LogP contribution in [0.4, 0.5) is 0 Å². The van der Waals surface area contributed by atoms with Crippen LogP contribution in [0, 0.1) is 11.3 Å². The van der Waals surface area contributed by atoms with Crippen molar-refractivity contribution in [2.45, 2.75) is 143 Å². The largest absolute Gasteiger partial charge is 0.455 e. The Kier molecular flexibility index (Phi) is 19.5. The molecule has 264 valence electrons. The summed E-state index contributed by atoms with van der Waals surface area (Å²) in [5.41, 5.74) is -0.644. The number of carbonyl (C=O) groups is 1. The zero-order chi connectivity index (χ0) is 34.8. The maximum atomic E-state index is 12.8. The van der Waals surface area contributed by atoms with Crippen molar-refractivity contribution in [3.63, 3.8) is 0 Å². The number of unbranched alkanes of at least 4 members (excludes halogenated alkanes) is 3. The molecular weight excluding hydrogens is 596 g/mol. The van der Waals surface area contributed by atoms with E-state index >= 15 is 0 Å². The quantitative estimate of drug-likeness (QED) is 0.0458. The molecule has 8 heteroatoms. The predicted octanol–water partition coefficient (Wildman–Crippen LogP) is 8.86. The van der Waals surface area contributed by atoms with Crippen LogP contribution in [0.2, 0.25) is 18.1 Å². The Labute approximate surface area is 282 Å². The van der Waals surface area contributed by atoms with Gasteiger partial charge in [-0.05, 0) is 77.2 Å². The molecule has 0 aliphatic carbocycles. The molecule has 0 amide bonds. The topological polar surface area (TPSA) is 83.5 Å². The molecule has 0 bridgehead atoms. The molecule has 7 nitrogen and oxygen atoms in total. The van der Waals surface area contributed by atoms with Crippen LogP contribution in [0.5, 0.6) is 0 Å². The van der Waals surface area contributed by atoms with E-state index in [-0.39, 0.29) is 23.0 Å². The molecule has 0 radical (unpaired) electrons. The average Bonchev–Trinajstić information content (AvgIpc) is 2.96. The first-order chi connectivity index (χ1) is 21.5. The summed E-state index contributed by atoms with van der Waals surface area (Å²) in [7, 11) is -2.11. The number of hydrogen-bond acceptors (Lipinski definition) is 7. The van der Waals surface area contributed by atoms with Crippen LogP contribution in [-0.4, -0.2) is 69.9 Å². The monoisotopic (exact) mass is 662 g/mol. The van der Waals surface area contributed by atoms with E-state index in [0.29, 0.717) is 26.2 Å². The second-order valence-electron chi connectivity index (χ2n) is 14.7. The normalized spacial score (nSPS) is 22.0. The van der Waals surface area contributed by atoms with Gasteiger partial charge < -0.3 is 28.5 Å². The van der Waals surface area contributed by atoms with Gasteiger partial charge in [-0.15, -0.1) is 0 Å². The van der Waals surface area contributed by atoms with Crippen LogP contribution in [0.25, 0.3) is 0 Å². The van der Waals surface area contributed by atoms with Crippen LogP contribution < -0.4 is 0 Å². The number of rotatable bonds is 20. The fourth-order valence-corrected chi connectivity index (χ4v) is 5.32. The summed E-state index contributed by atoms with van der Waals surface area (Å²) in [6, 6.07) is 0. The van der Waals surface area contributed by atoms with Gasteiger partial charge in [-0.3, -0.25) is 4.79 Å². The number of allylic oxidation sites excluding steroid dienone is 5. The van der Waals surface area contributed by atoms with Gasteiger partial charge in [-0.1, -0.05) is 96.1 Å². The summed E-state index contributed by atoms with van der Waals surface area (Å²) in [4.78, 5) is 12.8. The van der Waals surface area contributed by atoms with Gasteiger partial charge in [0.25, 0.3) is 0 Å². The molecule has 1 aliphatic rings. The fraction of sp³-hybridized carbons (Fsp3) is 0.711. The SMILES string of the molecule is CCCCC/C=C/C=C\C=C/[C@H](O)[C@H](C)[C@H](C/C=C/[C@@H]1OC(O[Si](C)(C)C(C)(C)C)C=C[C@@H]1OC(=O)C(C)(C)C)OCCOCC. The first-order valence-corrected chi connectivity index (χ1v) is 20.2. The van der Waals surface area contributed by atoms with E-state index in [4.69, 9.17) is 23.4 Å². The van der Waals surface area contributed by atoms with Crippen molar-refractivity contribution in [3.05, 3.63) is 60.8 Å². The summed E-state index contributed by atoms with van der Waals surface area (Å²) in [6.45, 7) is 24.1. The Bertz CT molecular complexity index is 1000. The van der Waals surface area contributed by atoms with Crippen molar-refractivity contribution in [1.82, 2.24) is 0 Å². The Morgan fingerprint density at radius 1 is 0.978 bits per heavy atom. The highest BCUT2D eigenvalue weighted by atomic mass is 28.4. The number of ether oxygens (including phenoxy) is 4. The molecule has 0 aromatic rings. The number of carbonyl (C=O) groups excluding carboxylic acids is 1. The molecule has 1 heterocycles. The second kappa shape index (κ2) is 21.2. The Balaban J connectivity index is 3.05. The highest BCUT2D eigenvalue weighted by Crippen LogP contribution is 2.38. The maximum absolute atomic E-state index is 12.8. The zero-order valence-electron chi connectivity index (χ0n) is 30.8. The molecule has 0 aromatic carbocycles. The van der Waals surface area contributed by atoms with Gasteiger partial charge in [-0.2, -0.15) is 0 Å². The lowest BCUT2D eigenvalue weighted by molar-refractivity contribution is -0.171. The van der Waals surface area contributed by atoms with Gasteiger partial charge in [0, 0.05) is 12.5 Å². The minimum absolute atomic E-state index is 0.0172. The van der Waals surface area contributed by atoms with Gasteiger partial charge in [-0.25, -0.2) is 0 Å². The molecule has 1 aliphatic heterocycles. The van der Waals surface area contributed by atoms with E-state index < -0.39 is 38.3 Å². The van der Waals surface area contributed by atoms with Crippen LogP contribution >= 0.6 is 0 Å². The minimum atomic E-state index is -2.11. The lowest BCUT2D eigenvalue weighted by atomic mass is 9.94. The molecule has 46 heavy (non-hydrogen) atoms. The first-order valence-electron chi connectivity index (χ1n) is 17.3. The minimum Gasteiger partial charge on any atom is -0.455 e. The van der Waals surface area contributed by atoms with Crippen LogP contribution in [-0.2, 0) is 28.2 Å². The zero-order valence-corrected chi connectivity index (χ0v) is 31.8. The highest BCUT2D eigenvalue weighted by molar-refractivity contribution is 6.74. The second-order valence-corrected chi connectivity index (χ2v) is 19.4. The third kappa shape index (κ3) is 16.3. The van der Waals surface area contributed by atoms with Gasteiger partial charge in [0.2, 0.25) is 0 Å². The van der Waals surface area contributed by atoms with E-state index in [1.165, 1.54) is 19.3 Å². The van der Waals surface area contributed by atoms with E-state index in [0.717, 1.165) is 6.42 Å². The van der Waals surface area contributed by atoms with Gasteiger partial charge in [0.1, 0.15) is 12.2 Å². The van der Waals surface area contributed by atoms with Crippen LogP contribution in [0.3, 0.4) is 0 Å². The Morgan fingerprint density at radius 2 is 1.67 bits per heavy atom. The third-order valence-electron chi connectivity index (χ3n) is 8.48. The molecule has 1 rings (SSSR count). The summed E-state index contributed by atoms with van der Waals surface area (Å²) in [5, 5.41) is 11.0. The number of hydrogen-bond donors (Lipinski definition) is 1. The van der Waals surface area contributed by atoms with E-state index in [9.17, 15) is 9.90 Å². The standard InChI is InChI=1S/C38H66O7Si/c1-12-14-15-16-17-18-19-20-21-23-31(39)30(3)32(42-29-28-41-13-2)24-22-25-33-34(44-36(40)37(4,5)6)26-27-35(43-33)45-46(10,11)38(7,8)9/h17-23,25-27,30-35,39H,12-16,24,28-29H2,1-11H3/b18-17+,20-19-,23-21-,25-22+/t30-,31-,32-,33-,34-,35?/m0/s1. The lowest BCUT2D eigenvalue weighted by Crippen LogP contribution is -2.47.